The van der Waals surface area contributed by atoms with Crippen molar-refractivity contribution in [2.45, 2.75) is 25.7 Å². The smallest absolute Gasteiger partial charge is 0.234 e. The number of nitrogens with zero attached hydrogens (tertiary/aromatic N) is 3. The van der Waals surface area contributed by atoms with Crippen molar-refractivity contribution in [3.63, 3.8) is 0 Å². The summed E-state index contributed by atoms with van der Waals surface area (Å²) in [6.07, 6.45) is 5.88. The van der Waals surface area contributed by atoms with Crippen molar-refractivity contribution in [2.24, 2.45) is 13.0 Å². The predicted octanol–water partition coefficient (Wildman–Crippen LogP) is 0.296. The van der Waals surface area contributed by atoms with Crippen LogP contribution in [0.25, 0.3) is 0 Å². The van der Waals surface area contributed by atoms with Gasteiger partial charge in [-0.2, -0.15) is 5.10 Å². The molecule has 1 heterocycles. The highest BCUT2D eigenvalue weighted by Gasteiger charge is 2.24. The summed E-state index contributed by atoms with van der Waals surface area (Å²) in [5.41, 5.74) is 0.492. The molecule has 1 saturated carbocycles. The molecule has 0 saturated heterocycles. The molecule has 1 N–H and O–H groups in total. The lowest BCUT2D eigenvalue weighted by molar-refractivity contribution is 0.571. The van der Waals surface area contributed by atoms with Crippen molar-refractivity contribution in [3.05, 3.63) is 12.4 Å². The van der Waals surface area contributed by atoms with Crippen molar-refractivity contribution in [1.82, 2.24) is 14.5 Å². The quantitative estimate of drug-likeness (QED) is 0.602. The van der Waals surface area contributed by atoms with Gasteiger partial charge in [0.25, 0.3) is 0 Å². The predicted molar refractivity (Wildman–Crippen MR) is 89.1 cm³/mol. The van der Waals surface area contributed by atoms with Crippen molar-refractivity contribution in [3.8, 4) is 0 Å². The largest absolute Gasteiger partial charge is 0.274 e. The summed E-state index contributed by atoms with van der Waals surface area (Å²) in [5.74, 6) is 0.362. The number of rotatable bonds is 10. The van der Waals surface area contributed by atoms with Crippen molar-refractivity contribution in [1.29, 1.82) is 0 Å². The van der Waals surface area contributed by atoms with Crippen LogP contribution in [0.3, 0.4) is 0 Å². The fourth-order valence-corrected chi connectivity index (χ4v) is 4.56. The van der Waals surface area contributed by atoms with Crippen LogP contribution in [0.15, 0.2) is 12.4 Å². The summed E-state index contributed by atoms with van der Waals surface area (Å²) >= 11 is 0. The maximum absolute atomic E-state index is 12.2. The van der Waals surface area contributed by atoms with Crippen LogP contribution in [0.2, 0.25) is 0 Å². The Morgan fingerprint density at radius 3 is 2.48 bits per heavy atom. The van der Waals surface area contributed by atoms with E-state index in [-0.39, 0.29) is 11.5 Å². The topological polar surface area (TPSA) is 101 Å². The van der Waals surface area contributed by atoms with Crippen LogP contribution in [-0.2, 0) is 27.1 Å². The first-order valence-corrected chi connectivity index (χ1v) is 10.9. The Kier molecular flexibility index (Phi) is 5.69. The molecule has 2 rings (SSSR count). The van der Waals surface area contributed by atoms with Crippen LogP contribution in [0.5, 0.6) is 0 Å². The van der Waals surface area contributed by atoms with Crippen LogP contribution < -0.4 is 9.03 Å². The number of hydrogen-bond acceptors (Lipinski definition) is 5. The van der Waals surface area contributed by atoms with Gasteiger partial charge >= 0.3 is 0 Å². The van der Waals surface area contributed by atoms with Gasteiger partial charge in [0.2, 0.25) is 20.0 Å². The Morgan fingerprint density at radius 2 is 1.91 bits per heavy atom. The Labute approximate surface area is 138 Å². The molecule has 0 unspecified atom stereocenters. The Hall–Kier alpha value is -1.13. The van der Waals surface area contributed by atoms with Crippen LogP contribution in [0.1, 0.15) is 25.7 Å². The molecule has 23 heavy (non-hydrogen) atoms. The lowest BCUT2D eigenvalue weighted by atomic mass is 10.4. The second-order valence-corrected chi connectivity index (χ2v) is 10.0. The maximum atomic E-state index is 12.2. The molecular weight excluding hydrogens is 340 g/mol. The number of hydrogen-bond donors (Lipinski definition) is 1. The number of nitrogens with one attached hydrogen (secondary N) is 1. The van der Waals surface area contributed by atoms with Gasteiger partial charge in [0, 0.05) is 26.8 Å². The molecule has 0 amide bonds. The zero-order chi connectivity index (χ0) is 17.1. The summed E-state index contributed by atoms with van der Waals surface area (Å²) in [7, 11) is -3.58. The molecule has 1 aromatic rings. The minimum Gasteiger partial charge on any atom is -0.274 e. The van der Waals surface area contributed by atoms with E-state index < -0.39 is 20.0 Å². The minimum absolute atomic E-state index is 0.0359. The summed E-state index contributed by atoms with van der Waals surface area (Å²) in [6, 6.07) is 0. The van der Waals surface area contributed by atoms with E-state index in [1.807, 2.05) is 0 Å². The van der Waals surface area contributed by atoms with Gasteiger partial charge in [-0.25, -0.2) is 21.6 Å². The van der Waals surface area contributed by atoms with Crippen LogP contribution in [0, 0.1) is 5.92 Å². The van der Waals surface area contributed by atoms with Gasteiger partial charge in [-0.1, -0.05) is 0 Å². The number of sulfonamides is 2. The minimum atomic E-state index is -3.47. The second kappa shape index (κ2) is 7.18. The first-order chi connectivity index (χ1) is 10.7. The summed E-state index contributed by atoms with van der Waals surface area (Å²) in [4.78, 5) is 0. The average molecular weight is 364 g/mol. The molecule has 1 aliphatic carbocycles. The SMILES string of the molecule is CN(c1cnn(C)c1)S(=O)(=O)CCCCS(=O)(=O)NCC1CC1. The standard InChI is InChI=1S/C13H24N4O4S2/c1-16-11-13(10-14-16)17(2)23(20,21)8-4-3-7-22(18,19)15-9-12-5-6-12/h10-12,15H,3-9H2,1-2H3. The Bertz CT molecular complexity index is 723. The third-order valence-corrected chi connectivity index (χ3v) is 7.11. The second-order valence-electron chi connectivity index (χ2n) is 5.97. The van der Waals surface area contributed by atoms with E-state index in [9.17, 15) is 16.8 Å². The third-order valence-electron chi connectivity index (χ3n) is 3.83. The van der Waals surface area contributed by atoms with Gasteiger partial charge in [0.1, 0.15) is 0 Å². The fourth-order valence-electron chi connectivity index (χ4n) is 2.08. The highest BCUT2D eigenvalue weighted by molar-refractivity contribution is 7.92. The lowest BCUT2D eigenvalue weighted by Crippen LogP contribution is -2.30. The fraction of sp³-hybridized carbons (Fsp3) is 0.769. The monoisotopic (exact) mass is 364 g/mol. The van der Waals surface area contributed by atoms with Gasteiger partial charge in [0.15, 0.2) is 0 Å². The zero-order valence-electron chi connectivity index (χ0n) is 13.5. The maximum Gasteiger partial charge on any atom is 0.234 e. The van der Waals surface area contributed by atoms with E-state index in [1.54, 1.807) is 13.2 Å². The number of anilines is 1. The molecule has 1 fully saturated rings. The molecule has 132 valence electrons. The van der Waals surface area contributed by atoms with Crippen LogP contribution >= 0.6 is 0 Å². The number of aromatic nitrogens is 2. The summed E-state index contributed by atoms with van der Waals surface area (Å²) in [6.45, 7) is 0.504. The van der Waals surface area contributed by atoms with E-state index in [2.05, 4.69) is 9.82 Å². The van der Waals surface area contributed by atoms with E-state index in [4.69, 9.17) is 0 Å². The van der Waals surface area contributed by atoms with Gasteiger partial charge in [-0.3, -0.25) is 8.99 Å². The van der Waals surface area contributed by atoms with E-state index in [0.717, 1.165) is 12.8 Å². The molecule has 1 aromatic heterocycles. The zero-order valence-corrected chi connectivity index (χ0v) is 15.1. The van der Waals surface area contributed by atoms with Gasteiger partial charge < -0.3 is 0 Å². The van der Waals surface area contributed by atoms with Crippen molar-refractivity contribution in [2.75, 3.05) is 29.4 Å². The first-order valence-electron chi connectivity index (χ1n) is 7.62. The van der Waals surface area contributed by atoms with Crippen LogP contribution in [0.4, 0.5) is 5.69 Å². The van der Waals surface area contributed by atoms with E-state index >= 15 is 0 Å². The van der Waals surface area contributed by atoms with E-state index in [0.29, 0.717) is 31.0 Å². The van der Waals surface area contributed by atoms with Gasteiger partial charge in [-0.05, 0) is 31.6 Å². The molecule has 0 aromatic carbocycles. The average Bonchev–Trinajstić information content (AvgIpc) is 3.21. The lowest BCUT2D eigenvalue weighted by Gasteiger charge is -2.17. The molecule has 0 atom stereocenters. The molecule has 0 aliphatic heterocycles. The third kappa shape index (κ3) is 5.78. The first kappa shape index (κ1) is 18.2. The molecular formula is C13H24N4O4S2. The molecule has 0 spiro atoms. The highest BCUT2D eigenvalue weighted by Crippen LogP contribution is 2.27. The number of aryl methyl sites for hydroxylation is 1. The Morgan fingerprint density at radius 1 is 1.26 bits per heavy atom. The highest BCUT2D eigenvalue weighted by atomic mass is 32.2. The Balaban J connectivity index is 1.75. The van der Waals surface area contributed by atoms with Crippen LogP contribution in [-0.4, -0.2) is 51.7 Å². The van der Waals surface area contributed by atoms with Gasteiger partial charge in [0.05, 0.1) is 23.4 Å². The molecule has 0 radical (unpaired) electrons. The summed E-state index contributed by atoms with van der Waals surface area (Å²) < 4.78 is 53.2. The van der Waals surface area contributed by atoms with Crippen molar-refractivity contribution >= 4 is 25.7 Å². The van der Waals surface area contributed by atoms with E-state index in [1.165, 1.54) is 22.2 Å². The molecule has 10 heteroatoms. The molecule has 1 aliphatic rings. The normalized spacial score (nSPS) is 15.7. The van der Waals surface area contributed by atoms with Gasteiger partial charge in [-0.15, -0.1) is 0 Å². The van der Waals surface area contributed by atoms with Crippen molar-refractivity contribution < 1.29 is 16.8 Å². The summed E-state index contributed by atoms with van der Waals surface area (Å²) in [5, 5.41) is 3.94. The molecule has 0 bridgehead atoms. The molecule has 8 nitrogen and oxygen atoms in total. The number of unbranched alkanes of at least 4 members (excludes halogenated alkanes) is 1.